The Morgan fingerprint density at radius 1 is 1.18 bits per heavy atom. The lowest BCUT2D eigenvalue weighted by Crippen LogP contribution is -2.26. The second kappa shape index (κ2) is 7.49. The first-order chi connectivity index (χ1) is 10.8. The minimum atomic E-state index is -0.0977. The average Bonchev–Trinajstić information content (AvgIpc) is 3.07. The van der Waals surface area contributed by atoms with Crippen LogP contribution in [0, 0.1) is 0 Å². The lowest BCUT2D eigenvalue weighted by molar-refractivity contribution is 0.0936. The van der Waals surface area contributed by atoms with Crippen molar-refractivity contribution in [1.29, 1.82) is 0 Å². The zero-order valence-electron chi connectivity index (χ0n) is 12.8. The van der Waals surface area contributed by atoms with Gasteiger partial charge in [0.2, 0.25) is 0 Å². The van der Waals surface area contributed by atoms with E-state index in [1.165, 1.54) is 12.8 Å². The lowest BCUT2D eigenvalue weighted by atomic mass is 10.1. The maximum absolute atomic E-state index is 12.3. The van der Waals surface area contributed by atoms with Crippen LogP contribution in [0.2, 0.25) is 0 Å². The molecule has 1 amide bonds. The molecule has 3 rings (SSSR count). The van der Waals surface area contributed by atoms with Crippen LogP contribution in [0.4, 0.5) is 0 Å². The fourth-order valence-electron chi connectivity index (χ4n) is 2.92. The van der Waals surface area contributed by atoms with E-state index in [0.29, 0.717) is 42.9 Å². The van der Waals surface area contributed by atoms with E-state index < -0.39 is 0 Å². The van der Waals surface area contributed by atoms with Crippen LogP contribution in [0.25, 0.3) is 0 Å². The van der Waals surface area contributed by atoms with Crippen molar-refractivity contribution < 1.29 is 19.0 Å². The quantitative estimate of drug-likeness (QED) is 0.821. The number of fused-ring (bicyclic) bond motifs is 1. The predicted molar refractivity (Wildman–Crippen MR) is 82.6 cm³/mol. The van der Waals surface area contributed by atoms with Crippen molar-refractivity contribution in [2.24, 2.45) is 0 Å². The number of unbranched alkanes of at least 4 members (excludes halogenated alkanes) is 1. The largest absolute Gasteiger partial charge is 0.486 e. The molecule has 1 fully saturated rings. The molecule has 0 saturated carbocycles. The molecule has 2 heterocycles. The summed E-state index contributed by atoms with van der Waals surface area (Å²) in [5.74, 6) is 1.11. The molecule has 1 saturated heterocycles. The number of benzene rings is 1. The van der Waals surface area contributed by atoms with Crippen molar-refractivity contribution in [3.05, 3.63) is 23.8 Å². The van der Waals surface area contributed by atoms with Crippen LogP contribution in [0.3, 0.4) is 0 Å². The summed E-state index contributed by atoms with van der Waals surface area (Å²) in [6, 6.07) is 5.42. The van der Waals surface area contributed by atoms with Gasteiger partial charge in [-0.25, -0.2) is 0 Å². The molecular weight excluding hydrogens is 282 g/mol. The Kier molecular flexibility index (Phi) is 5.16. The Morgan fingerprint density at radius 2 is 2.09 bits per heavy atom. The zero-order valence-corrected chi connectivity index (χ0v) is 12.8. The SMILES string of the molecule is O=C(NCCCC[C@H]1CCCO1)c1cccc2c1OCCO2. The van der Waals surface area contributed by atoms with Crippen LogP contribution in [-0.4, -0.2) is 38.4 Å². The predicted octanol–water partition coefficient (Wildman–Crippen LogP) is 2.54. The lowest BCUT2D eigenvalue weighted by Gasteiger charge is -2.20. The van der Waals surface area contributed by atoms with Gasteiger partial charge in [-0.1, -0.05) is 6.07 Å². The molecule has 5 heteroatoms. The third-order valence-electron chi connectivity index (χ3n) is 4.07. The molecule has 2 aliphatic rings. The van der Waals surface area contributed by atoms with Crippen molar-refractivity contribution in [2.45, 2.75) is 38.2 Å². The smallest absolute Gasteiger partial charge is 0.255 e. The van der Waals surface area contributed by atoms with E-state index in [9.17, 15) is 4.79 Å². The van der Waals surface area contributed by atoms with Gasteiger partial charge in [0.15, 0.2) is 11.5 Å². The second-order valence-electron chi connectivity index (χ2n) is 5.72. The topological polar surface area (TPSA) is 56.8 Å². The Hall–Kier alpha value is -1.75. The number of amides is 1. The third kappa shape index (κ3) is 3.71. The van der Waals surface area contributed by atoms with Crippen molar-refractivity contribution in [2.75, 3.05) is 26.4 Å². The van der Waals surface area contributed by atoms with E-state index in [4.69, 9.17) is 14.2 Å². The highest BCUT2D eigenvalue weighted by Crippen LogP contribution is 2.33. The Bertz CT molecular complexity index is 511. The molecule has 0 unspecified atom stereocenters. The van der Waals surface area contributed by atoms with Gasteiger partial charge in [0.1, 0.15) is 13.2 Å². The van der Waals surface area contributed by atoms with Crippen LogP contribution in [-0.2, 0) is 4.74 Å². The van der Waals surface area contributed by atoms with Gasteiger partial charge in [-0.15, -0.1) is 0 Å². The van der Waals surface area contributed by atoms with Crippen LogP contribution in [0.5, 0.6) is 11.5 Å². The first-order valence-electron chi connectivity index (χ1n) is 8.13. The molecule has 2 aliphatic heterocycles. The molecule has 1 atom stereocenters. The number of carbonyl (C=O) groups is 1. The van der Waals surface area contributed by atoms with Gasteiger partial charge < -0.3 is 19.5 Å². The minimum Gasteiger partial charge on any atom is -0.486 e. The van der Waals surface area contributed by atoms with E-state index in [1.54, 1.807) is 6.07 Å². The number of rotatable bonds is 6. The summed E-state index contributed by atoms with van der Waals surface area (Å²) in [6.45, 7) is 2.60. The first-order valence-corrected chi connectivity index (χ1v) is 8.13. The van der Waals surface area contributed by atoms with Crippen LogP contribution in [0.15, 0.2) is 18.2 Å². The van der Waals surface area contributed by atoms with Crippen molar-refractivity contribution in [3.8, 4) is 11.5 Å². The summed E-state index contributed by atoms with van der Waals surface area (Å²) in [4.78, 5) is 12.3. The van der Waals surface area contributed by atoms with Crippen molar-refractivity contribution in [1.82, 2.24) is 5.32 Å². The molecule has 0 radical (unpaired) electrons. The van der Waals surface area contributed by atoms with Crippen molar-refractivity contribution >= 4 is 5.91 Å². The van der Waals surface area contributed by atoms with Crippen LogP contribution in [0.1, 0.15) is 42.5 Å². The van der Waals surface area contributed by atoms with Gasteiger partial charge in [-0.3, -0.25) is 4.79 Å². The monoisotopic (exact) mass is 305 g/mol. The molecule has 0 aromatic heterocycles. The highest BCUT2D eigenvalue weighted by atomic mass is 16.6. The standard InChI is InChI=1S/C17H23NO4/c19-17(18-9-2-1-5-13-6-4-10-20-13)14-7-3-8-15-16(14)22-12-11-21-15/h3,7-8,13H,1-2,4-6,9-12H2,(H,18,19)/t13-/m0/s1. The van der Waals surface area contributed by atoms with E-state index in [1.807, 2.05) is 12.1 Å². The summed E-state index contributed by atoms with van der Waals surface area (Å²) in [5, 5.41) is 2.96. The average molecular weight is 305 g/mol. The van der Waals surface area contributed by atoms with E-state index in [2.05, 4.69) is 5.32 Å². The fourth-order valence-corrected chi connectivity index (χ4v) is 2.92. The van der Waals surface area contributed by atoms with Gasteiger partial charge >= 0.3 is 0 Å². The maximum Gasteiger partial charge on any atom is 0.255 e. The van der Waals surface area contributed by atoms with Crippen molar-refractivity contribution in [3.63, 3.8) is 0 Å². The Balaban J connectivity index is 1.44. The normalized spacial score (nSPS) is 19.9. The van der Waals surface area contributed by atoms with E-state index >= 15 is 0 Å². The molecule has 1 aromatic carbocycles. The molecule has 0 aliphatic carbocycles. The highest BCUT2D eigenvalue weighted by Gasteiger charge is 2.20. The molecule has 0 spiro atoms. The molecule has 22 heavy (non-hydrogen) atoms. The van der Waals surface area contributed by atoms with Crippen LogP contribution < -0.4 is 14.8 Å². The summed E-state index contributed by atoms with van der Waals surface area (Å²) in [7, 11) is 0. The van der Waals surface area contributed by atoms with E-state index in [0.717, 1.165) is 25.9 Å². The number of hydrogen-bond acceptors (Lipinski definition) is 4. The Morgan fingerprint density at radius 3 is 2.95 bits per heavy atom. The third-order valence-corrected chi connectivity index (χ3v) is 4.07. The molecule has 0 bridgehead atoms. The number of nitrogens with one attached hydrogen (secondary N) is 1. The molecule has 5 nitrogen and oxygen atoms in total. The minimum absolute atomic E-state index is 0.0977. The zero-order chi connectivity index (χ0) is 15.2. The summed E-state index contributed by atoms with van der Waals surface area (Å²) in [6.07, 6.45) is 5.94. The first kappa shape index (κ1) is 15.2. The molecular formula is C17H23NO4. The maximum atomic E-state index is 12.3. The fraction of sp³-hybridized carbons (Fsp3) is 0.588. The van der Waals surface area contributed by atoms with Gasteiger partial charge in [-0.05, 0) is 44.2 Å². The highest BCUT2D eigenvalue weighted by molar-refractivity contribution is 5.97. The molecule has 120 valence electrons. The number of carbonyl (C=O) groups excluding carboxylic acids is 1. The summed E-state index contributed by atoms with van der Waals surface area (Å²) < 4.78 is 16.7. The molecule has 1 aromatic rings. The number of para-hydroxylation sites is 1. The van der Waals surface area contributed by atoms with E-state index in [-0.39, 0.29) is 5.91 Å². The number of ether oxygens (including phenoxy) is 3. The van der Waals surface area contributed by atoms with Gasteiger partial charge in [0.25, 0.3) is 5.91 Å². The number of hydrogen-bond donors (Lipinski definition) is 1. The summed E-state index contributed by atoms with van der Waals surface area (Å²) >= 11 is 0. The van der Waals surface area contributed by atoms with Gasteiger partial charge in [-0.2, -0.15) is 0 Å². The van der Waals surface area contributed by atoms with Gasteiger partial charge in [0.05, 0.1) is 11.7 Å². The second-order valence-corrected chi connectivity index (χ2v) is 5.72. The Labute approximate surface area is 130 Å². The molecule has 1 N–H and O–H groups in total. The van der Waals surface area contributed by atoms with Gasteiger partial charge in [0, 0.05) is 13.2 Å². The summed E-state index contributed by atoms with van der Waals surface area (Å²) in [5.41, 5.74) is 0.552. The van der Waals surface area contributed by atoms with Crippen LogP contribution >= 0.6 is 0 Å².